The van der Waals surface area contributed by atoms with Gasteiger partial charge in [-0.1, -0.05) is 12.1 Å². The first-order chi connectivity index (χ1) is 11.0. The molecule has 0 aromatic heterocycles. The molecule has 2 rings (SSSR count). The Bertz CT molecular complexity index is 686. The summed E-state index contributed by atoms with van der Waals surface area (Å²) in [5.41, 5.74) is 2.70. The lowest BCUT2D eigenvalue weighted by atomic mass is 10.1. The van der Waals surface area contributed by atoms with Gasteiger partial charge in [0, 0.05) is 11.3 Å². The van der Waals surface area contributed by atoms with E-state index >= 15 is 0 Å². The van der Waals surface area contributed by atoms with E-state index in [1.54, 1.807) is 14.2 Å². The normalized spacial score (nSPS) is 11.5. The fourth-order valence-corrected chi connectivity index (χ4v) is 2.34. The van der Waals surface area contributed by atoms with Gasteiger partial charge in [0.25, 0.3) is 0 Å². The zero-order valence-corrected chi connectivity index (χ0v) is 13.8. The number of carbonyl (C=O) groups is 1. The molecule has 23 heavy (non-hydrogen) atoms. The Morgan fingerprint density at radius 2 is 1.87 bits per heavy atom. The number of hydrogen-bond acceptors (Lipinski definition) is 3. The molecule has 0 aliphatic heterocycles. The Morgan fingerprint density at radius 1 is 1.09 bits per heavy atom. The zero-order valence-electron chi connectivity index (χ0n) is 13.8. The number of hydrogen-bond donors (Lipinski definition) is 2. The van der Waals surface area contributed by atoms with E-state index in [-0.39, 0.29) is 12.1 Å². The van der Waals surface area contributed by atoms with Crippen LogP contribution in [0, 0.1) is 6.92 Å². The van der Waals surface area contributed by atoms with Crippen molar-refractivity contribution in [3.63, 3.8) is 0 Å². The molecule has 0 saturated carbocycles. The Morgan fingerprint density at radius 3 is 2.52 bits per heavy atom. The summed E-state index contributed by atoms with van der Waals surface area (Å²) in [4.78, 5) is 12.2. The lowest BCUT2D eigenvalue weighted by Crippen LogP contribution is -2.31. The first-order valence-electron chi connectivity index (χ1n) is 7.39. The Hall–Kier alpha value is -2.69. The summed E-state index contributed by atoms with van der Waals surface area (Å²) in [7, 11) is 3.21. The van der Waals surface area contributed by atoms with Crippen LogP contribution in [-0.2, 0) is 0 Å². The third-order valence-corrected chi connectivity index (χ3v) is 3.53. The van der Waals surface area contributed by atoms with Crippen molar-refractivity contribution < 1.29 is 14.3 Å². The number of aryl methyl sites for hydroxylation is 1. The van der Waals surface area contributed by atoms with Gasteiger partial charge in [-0.3, -0.25) is 0 Å². The van der Waals surface area contributed by atoms with Crippen molar-refractivity contribution >= 4 is 11.7 Å². The number of ether oxygens (including phenoxy) is 2. The summed E-state index contributed by atoms with van der Waals surface area (Å²) in [6.07, 6.45) is 0. The van der Waals surface area contributed by atoms with Gasteiger partial charge in [-0.2, -0.15) is 0 Å². The first kappa shape index (κ1) is 16.7. The third kappa shape index (κ3) is 4.39. The molecule has 0 spiro atoms. The number of urea groups is 1. The summed E-state index contributed by atoms with van der Waals surface area (Å²) in [5.74, 6) is 1.42. The van der Waals surface area contributed by atoms with Crippen molar-refractivity contribution in [1.82, 2.24) is 5.32 Å². The topological polar surface area (TPSA) is 59.6 Å². The quantitative estimate of drug-likeness (QED) is 0.880. The number of methoxy groups -OCH3 is 2. The van der Waals surface area contributed by atoms with Gasteiger partial charge in [0.05, 0.1) is 20.3 Å². The van der Waals surface area contributed by atoms with Crippen molar-refractivity contribution in [2.45, 2.75) is 19.9 Å². The Balaban J connectivity index is 2.09. The van der Waals surface area contributed by atoms with Crippen LogP contribution in [0.1, 0.15) is 24.1 Å². The average molecular weight is 314 g/mol. The standard InChI is InChI=1S/C18H22N2O3/c1-12-6-5-7-14(10-12)20-18(21)19-13(2)16-11-15(22-3)8-9-17(16)23-4/h5-11,13H,1-4H3,(H2,19,20,21). The molecule has 5 heteroatoms. The highest BCUT2D eigenvalue weighted by Gasteiger charge is 2.15. The van der Waals surface area contributed by atoms with Gasteiger partial charge in [-0.05, 0) is 49.7 Å². The van der Waals surface area contributed by atoms with Crippen LogP contribution in [0.4, 0.5) is 10.5 Å². The van der Waals surface area contributed by atoms with Gasteiger partial charge < -0.3 is 20.1 Å². The maximum atomic E-state index is 12.2. The van der Waals surface area contributed by atoms with Crippen LogP contribution >= 0.6 is 0 Å². The molecule has 0 heterocycles. The summed E-state index contributed by atoms with van der Waals surface area (Å²) < 4.78 is 10.6. The van der Waals surface area contributed by atoms with Gasteiger partial charge in [0.2, 0.25) is 0 Å². The molecule has 2 amide bonds. The molecule has 0 aliphatic carbocycles. The van der Waals surface area contributed by atoms with Crippen molar-refractivity contribution in [1.29, 1.82) is 0 Å². The highest BCUT2D eigenvalue weighted by Crippen LogP contribution is 2.29. The minimum Gasteiger partial charge on any atom is -0.497 e. The molecule has 2 aromatic rings. The molecule has 122 valence electrons. The second-order valence-electron chi connectivity index (χ2n) is 5.30. The third-order valence-electron chi connectivity index (χ3n) is 3.53. The Labute approximate surface area is 136 Å². The molecule has 1 unspecified atom stereocenters. The molecule has 0 fully saturated rings. The predicted molar refractivity (Wildman–Crippen MR) is 91.3 cm³/mol. The molecular formula is C18H22N2O3. The second-order valence-corrected chi connectivity index (χ2v) is 5.30. The van der Waals surface area contributed by atoms with Crippen LogP contribution in [0.2, 0.25) is 0 Å². The average Bonchev–Trinajstić information content (AvgIpc) is 2.54. The highest BCUT2D eigenvalue weighted by atomic mass is 16.5. The maximum Gasteiger partial charge on any atom is 0.319 e. The lowest BCUT2D eigenvalue weighted by molar-refractivity contribution is 0.249. The molecule has 0 radical (unpaired) electrons. The number of benzene rings is 2. The van der Waals surface area contributed by atoms with Gasteiger partial charge >= 0.3 is 6.03 Å². The van der Waals surface area contributed by atoms with E-state index in [1.807, 2.05) is 56.3 Å². The minimum absolute atomic E-state index is 0.232. The molecule has 5 nitrogen and oxygen atoms in total. The smallest absolute Gasteiger partial charge is 0.319 e. The molecule has 2 N–H and O–H groups in total. The Kier molecular flexibility index (Phi) is 5.46. The fourth-order valence-electron chi connectivity index (χ4n) is 2.34. The van der Waals surface area contributed by atoms with Gasteiger partial charge in [0.1, 0.15) is 11.5 Å². The molecule has 0 aliphatic rings. The molecule has 2 aromatic carbocycles. The first-order valence-corrected chi connectivity index (χ1v) is 7.39. The summed E-state index contributed by atoms with van der Waals surface area (Å²) in [6.45, 7) is 3.87. The number of rotatable bonds is 5. The van der Waals surface area contributed by atoms with E-state index in [9.17, 15) is 4.79 Å². The van der Waals surface area contributed by atoms with E-state index in [1.165, 1.54) is 0 Å². The van der Waals surface area contributed by atoms with Crippen molar-refractivity contribution in [3.05, 3.63) is 53.6 Å². The zero-order chi connectivity index (χ0) is 16.8. The van der Waals surface area contributed by atoms with Gasteiger partial charge in [-0.15, -0.1) is 0 Å². The number of anilines is 1. The molecule has 0 saturated heterocycles. The van der Waals surface area contributed by atoms with Gasteiger partial charge in [0.15, 0.2) is 0 Å². The van der Waals surface area contributed by atoms with Crippen molar-refractivity contribution in [3.8, 4) is 11.5 Å². The van der Waals surface area contributed by atoms with E-state index in [4.69, 9.17) is 9.47 Å². The van der Waals surface area contributed by atoms with Crippen molar-refractivity contribution in [2.75, 3.05) is 19.5 Å². The summed E-state index contributed by atoms with van der Waals surface area (Å²) in [6, 6.07) is 12.6. The monoisotopic (exact) mass is 314 g/mol. The van der Waals surface area contributed by atoms with Crippen LogP contribution in [0.5, 0.6) is 11.5 Å². The van der Waals surface area contributed by atoms with Crippen LogP contribution in [0.3, 0.4) is 0 Å². The van der Waals surface area contributed by atoms with Crippen LogP contribution in [0.25, 0.3) is 0 Å². The largest absolute Gasteiger partial charge is 0.497 e. The predicted octanol–water partition coefficient (Wildman–Crippen LogP) is 3.89. The van der Waals surface area contributed by atoms with Crippen molar-refractivity contribution in [2.24, 2.45) is 0 Å². The second kappa shape index (κ2) is 7.54. The summed E-state index contributed by atoms with van der Waals surface area (Å²) >= 11 is 0. The number of amides is 2. The molecular weight excluding hydrogens is 292 g/mol. The number of nitrogens with one attached hydrogen (secondary N) is 2. The van der Waals surface area contributed by atoms with E-state index < -0.39 is 0 Å². The van der Waals surface area contributed by atoms with Crippen LogP contribution < -0.4 is 20.1 Å². The molecule has 0 bridgehead atoms. The molecule has 1 atom stereocenters. The van der Waals surface area contributed by atoms with E-state index in [0.29, 0.717) is 11.5 Å². The lowest BCUT2D eigenvalue weighted by Gasteiger charge is -2.18. The maximum absolute atomic E-state index is 12.2. The van der Waals surface area contributed by atoms with E-state index in [0.717, 1.165) is 16.8 Å². The fraction of sp³-hybridized carbons (Fsp3) is 0.278. The van der Waals surface area contributed by atoms with Crippen LogP contribution in [0.15, 0.2) is 42.5 Å². The minimum atomic E-state index is -0.270. The van der Waals surface area contributed by atoms with E-state index in [2.05, 4.69) is 10.6 Å². The van der Waals surface area contributed by atoms with Crippen LogP contribution in [-0.4, -0.2) is 20.3 Å². The highest BCUT2D eigenvalue weighted by molar-refractivity contribution is 5.89. The summed E-state index contributed by atoms with van der Waals surface area (Å²) in [5, 5.41) is 5.73. The number of carbonyl (C=O) groups excluding carboxylic acids is 1. The SMILES string of the molecule is COc1ccc(OC)c(C(C)NC(=O)Nc2cccc(C)c2)c1. The van der Waals surface area contributed by atoms with Gasteiger partial charge in [-0.25, -0.2) is 4.79 Å².